The highest BCUT2D eigenvalue weighted by atomic mass is 16.3. The molecule has 2 bridgehead atoms. The second-order valence-corrected chi connectivity index (χ2v) is 6.60. The Balaban J connectivity index is 1.83. The SMILES string of the molecule is C=CCc1cc(CCN)ccc1C#CC1C(O)C2CCN1CC2. The summed E-state index contributed by atoms with van der Waals surface area (Å²) >= 11 is 0. The number of nitrogens with zero attached hydrogens (tertiary/aromatic N) is 1. The normalized spacial score (nSPS) is 29.0. The van der Waals surface area contributed by atoms with Crippen molar-refractivity contribution in [2.24, 2.45) is 11.7 Å². The van der Waals surface area contributed by atoms with Gasteiger partial charge in [-0.1, -0.05) is 30.0 Å². The Morgan fingerprint density at radius 2 is 2.13 bits per heavy atom. The first-order valence-corrected chi connectivity index (χ1v) is 8.59. The molecule has 3 aliphatic rings. The molecule has 0 spiro atoms. The minimum absolute atomic E-state index is 0.0113. The lowest BCUT2D eigenvalue weighted by molar-refractivity contribution is -0.0500. The molecule has 0 aliphatic carbocycles. The minimum atomic E-state index is -0.302. The van der Waals surface area contributed by atoms with Gasteiger partial charge >= 0.3 is 0 Å². The third-order valence-corrected chi connectivity index (χ3v) is 5.10. The van der Waals surface area contributed by atoms with E-state index in [2.05, 4.69) is 41.5 Å². The van der Waals surface area contributed by atoms with Crippen LogP contribution in [0.4, 0.5) is 0 Å². The molecule has 3 N–H and O–H groups in total. The van der Waals surface area contributed by atoms with E-state index < -0.39 is 0 Å². The van der Waals surface area contributed by atoms with Gasteiger partial charge in [0.15, 0.2) is 0 Å². The zero-order valence-corrected chi connectivity index (χ0v) is 13.7. The van der Waals surface area contributed by atoms with Gasteiger partial charge in [-0.3, -0.25) is 4.90 Å². The quantitative estimate of drug-likeness (QED) is 0.658. The number of aliphatic hydroxyl groups is 1. The van der Waals surface area contributed by atoms with Gasteiger partial charge in [-0.25, -0.2) is 0 Å². The van der Waals surface area contributed by atoms with E-state index in [1.165, 1.54) is 11.1 Å². The highest BCUT2D eigenvalue weighted by Crippen LogP contribution is 2.32. The number of rotatable bonds is 4. The molecule has 2 atom stereocenters. The molecule has 4 rings (SSSR count). The average molecular weight is 310 g/mol. The van der Waals surface area contributed by atoms with Gasteiger partial charge in [0.05, 0.1) is 12.1 Å². The Morgan fingerprint density at radius 1 is 1.35 bits per heavy atom. The van der Waals surface area contributed by atoms with Crippen LogP contribution in [0.5, 0.6) is 0 Å². The van der Waals surface area contributed by atoms with Gasteiger partial charge in [0.1, 0.15) is 0 Å². The molecule has 1 aromatic carbocycles. The molecule has 3 fully saturated rings. The lowest BCUT2D eigenvalue weighted by Crippen LogP contribution is -2.57. The predicted octanol–water partition coefficient (Wildman–Crippen LogP) is 1.72. The summed E-state index contributed by atoms with van der Waals surface area (Å²) in [7, 11) is 0. The van der Waals surface area contributed by atoms with E-state index in [4.69, 9.17) is 5.73 Å². The number of hydrogen-bond acceptors (Lipinski definition) is 3. The zero-order chi connectivity index (χ0) is 16.2. The Morgan fingerprint density at radius 3 is 2.78 bits per heavy atom. The van der Waals surface area contributed by atoms with Gasteiger partial charge in [-0.15, -0.1) is 6.58 Å². The van der Waals surface area contributed by atoms with Gasteiger partial charge in [0.2, 0.25) is 0 Å². The first kappa shape index (κ1) is 16.3. The number of nitrogens with two attached hydrogens (primary N) is 1. The highest BCUT2D eigenvalue weighted by Gasteiger charge is 2.40. The number of aliphatic hydroxyl groups excluding tert-OH is 1. The van der Waals surface area contributed by atoms with Gasteiger partial charge in [0, 0.05) is 5.56 Å². The van der Waals surface area contributed by atoms with E-state index in [1.807, 2.05) is 6.08 Å². The fourth-order valence-electron chi connectivity index (χ4n) is 3.76. The molecular formula is C20H26N2O. The summed E-state index contributed by atoms with van der Waals surface area (Å²) in [4.78, 5) is 2.33. The molecule has 3 saturated heterocycles. The van der Waals surface area contributed by atoms with Crippen molar-refractivity contribution in [1.29, 1.82) is 0 Å². The summed E-state index contributed by atoms with van der Waals surface area (Å²) in [6.45, 7) is 6.63. The third-order valence-electron chi connectivity index (χ3n) is 5.10. The fraction of sp³-hybridized carbons (Fsp3) is 0.500. The lowest BCUT2D eigenvalue weighted by Gasteiger charge is -2.46. The Hall–Kier alpha value is -1.60. The molecule has 0 amide bonds. The van der Waals surface area contributed by atoms with E-state index in [1.54, 1.807) is 0 Å². The molecule has 23 heavy (non-hydrogen) atoms. The molecule has 1 aromatic rings. The van der Waals surface area contributed by atoms with Gasteiger partial charge in [-0.05, 0) is 68.4 Å². The monoisotopic (exact) mass is 310 g/mol. The number of hydrogen-bond donors (Lipinski definition) is 2. The average Bonchev–Trinajstić information content (AvgIpc) is 2.57. The van der Waals surface area contributed by atoms with Crippen LogP contribution in [-0.2, 0) is 12.8 Å². The van der Waals surface area contributed by atoms with E-state index in [-0.39, 0.29) is 12.1 Å². The molecular weight excluding hydrogens is 284 g/mol. The Bertz CT molecular complexity index is 618. The maximum absolute atomic E-state index is 10.4. The van der Waals surface area contributed by atoms with Crippen molar-refractivity contribution >= 4 is 0 Å². The van der Waals surface area contributed by atoms with Crippen LogP contribution in [0.15, 0.2) is 30.9 Å². The highest BCUT2D eigenvalue weighted by molar-refractivity contribution is 5.45. The first-order chi connectivity index (χ1) is 11.2. The standard InChI is InChI=1S/C20H26N2O/c1-2-3-18-14-15(8-11-21)4-5-16(18)6-7-19-20(23)17-9-12-22(19)13-10-17/h2,4-5,14,17,19-20,23H,1,3,8-13,21H2. The summed E-state index contributed by atoms with van der Waals surface area (Å²) < 4.78 is 0. The van der Waals surface area contributed by atoms with Crippen molar-refractivity contribution in [3.63, 3.8) is 0 Å². The second kappa shape index (κ2) is 7.31. The molecule has 3 heteroatoms. The minimum Gasteiger partial charge on any atom is -0.390 e. The molecule has 2 unspecified atom stereocenters. The third kappa shape index (κ3) is 3.50. The van der Waals surface area contributed by atoms with Gasteiger partial charge in [0.25, 0.3) is 0 Å². The van der Waals surface area contributed by atoms with Crippen LogP contribution in [0.2, 0.25) is 0 Å². The van der Waals surface area contributed by atoms with Crippen LogP contribution in [0, 0.1) is 17.8 Å². The maximum Gasteiger partial charge on any atom is 0.0983 e. The smallest absolute Gasteiger partial charge is 0.0983 e. The van der Waals surface area contributed by atoms with Crippen molar-refractivity contribution < 1.29 is 5.11 Å². The molecule has 3 aliphatic heterocycles. The number of piperidine rings is 3. The lowest BCUT2D eigenvalue weighted by atomic mass is 9.81. The summed E-state index contributed by atoms with van der Waals surface area (Å²) in [6, 6.07) is 6.36. The van der Waals surface area contributed by atoms with Crippen molar-refractivity contribution in [2.75, 3.05) is 19.6 Å². The Labute approximate surface area is 139 Å². The summed E-state index contributed by atoms with van der Waals surface area (Å²) in [5, 5.41) is 10.4. The van der Waals surface area contributed by atoms with Crippen molar-refractivity contribution in [3.8, 4) is 11.8 Å². The van der Waals surface area contributed by atoms with Gasteiger partial charge < -0.3 is 10.8 Å². The van der Waals surface area contributed by atoms with Crippen LogP contribution in [0.3, 0.4) is 0 Å². The molecule has 0 aromatic heterocycles. The molecule has 3 nitrogen and oxygen atoms in total. The van der Waals surface area contributed by atoms with E-state index in [0.29, 0.717) is 12.5 Å². The van der Waals surface area contributed by atoms with Crippen LogP contribution in [-0.4, -0.2) is 41.8 Å². The second-order valence-electron chi connectivity index (χ2n) is 6.60. The molecule has 122 valence electrons. The van der Waals surface area contributed by atoms with Crippen molar-refractivity contribution in [1.82, 2.24) is 4.90 Å². The number of fused-ring (bicyclic) bond motifs is 3. The zero-order valence-electron chi connectivity index (χ0n) is 13.7. The molecule has 3 heterocycles. The Kier molecular flexibility index (Phi) is 5.17. The van der Waals surface area contributed by atoms with E-state index in [0.717, 1.165) is 44.3 Å². The number of allylic oxidation sites excluding steroid dienone is 1. The molecule has 0 saturated carbocycles. The van der Waals surface area contributed by atoms with E-state index >= 15 is 0 Å². The topological polar surface area (TPSA) is 49.5 Å². The summed E-state index contributed by atoms with van der Waals surface area (Å²) in [6.07, 6.45) is 5.51. The number of benzene rings is 1. The fourth-order valence-corrected chi connectivity index (χ4v) is 3.76. The van der Waals surface area contributed by atoms with Gasteiger partial charge in [-0.2, -0.15) is 0 Å². The summed E-state index contributed by atoms with van der Waals surface area (Å²) in [5.74, 6) is 7.09. The largest absolute Gasteiger partial charge is 0.390 e. The predicted molar refractivity (Wildman–Crippen MR) is 94.1 cm³/mol. The first-order valence-electron chi connectivity index (χ1n) is 8.59. The van der Waals surface area contributed by atoms with Crippen molar-refractivity contribution in [2.45, 2.75) is 37.8 Å². The van der Waals surface area contributed by atoms with Crippen molar-refractivity contribution in [3.05, 3.63) is 47.5 Å². The molecule has 0 radical (unpaired) electrons. The van der Waals surface area contributed by atoms with E-state index in [9.17, 15) is 5.11 Å². The van der Waals surface area contributed by atoms with Crippen LogP contribution in [0.25, 0.3) is 0 Å². The summed E-state index contributed by atoms with van der Waals surface area (Å²) in [5.41, 5.74) is 9.13. The maximum atomic E-state index is 10.4. The van der Waals surface area contributed by atoms with Crippen LogP contribution >= 0.6 is 0 Å². The van der Waals surface area contributed by atoms with Crippen LogP contribution in [0.1, 0.15) is 29.5 Å². The van der Waals surface area contributed by atoms with Crippen LogP contribution < -0.4 is 5.73 Å².